The van der Waals surface area contributed by atoms with Gasteiger partial charge in [-0.2, -0.15) is 0 Å². The standard InChI is InChI=1S/C16H18BrN3O2.ClH/c17-13-3-1-2-11-12(8-14(21)20-15(11)13)16(22)19-10-6-4-9(18)5-7-10;/h1-3,8-10H,4-7,18H2,(H,19,22)(H,20,21);1H. The first-order chi connectivity index (χ1) is 10.5. The Morgan fingerprint density at radius 3 is 2.65 bits per heavy atom. The van der Waals surface area contributed by atoms with Crippen molar-refractivity contribution in [2.75, 3.05) is 0 Å². The second kappa shape index (κ2) is 7.47. The van der Waals surface area contributed by atoms with E-state index < -0.39 is 0 Å². The number of carbonyl (C=O) groups is 1. The molecule has 0 atom stereocenters. The Labute approximate surface area is 148 Å². The Morgan fingerprint density at radius 2 is 1.96 bits per heavy atom. The van der Waals surface area contributed by atoms with Crippen LogP contribution in [0.5, 0.6) is 0 Å². The SMILES string of the molecule is Cl.NC1CCC(NC(=O)c2cc(=O)[nH]c3c(Br)cccc23)CC1. The summed E-state index contributed by atoms with van der Waals surface area (Å²) in [5.74, 6) is -0.199. The number of H-pyrrole nitrogens is 1. The van der Waals surface area contributed by atoms with Gasteiger partial charge in [0, 0.05) is 28.0 Å². The molecule has 0 radical (unpaired) electrons. The summed E-state index contributed by atoms with van der Waals surface area (Å²) in [6.45, 7) is 0. The van der Waals surface area contributed by atoms with Crippen LogP contribution >= 0.6 is 28.3 Å². The van der Waals surface area contributed by atoms with Crippen LogP contribution in [-0.4, -0.2) is 23.0 Å². The summed E-state index contributed by atoms with van der Waals surface area (Å²) in [7, 11) is 0. The van der Waals surface area contributed by atoms with Crippen LogP contribution < -0.4 is 16.6 Å². The lowest BCUT2D eigenvalue weighted by molar-refractivity contribution is 0.0927. The first kappa shape index (κ1) is 18.0. The molecule has 1 saturated carbocycles. The lowest BCUT2D eigenvalue weighted by Gasteiger charge is -2.26. The van der Waals surface area contributed by atoms with Gasteiger partial charge >= 0.3 is 0 Å². The molecule has 1 aromatic heterocycles. The second-order valence-electron chi connectivity index (χ2n) is 5.79. The van der Waals surface area contributed by atoms with Gasteiger partial charge in [-0.25, -0.2) is 0 Å². The number of hydrogen-bond donors (Lipinski definition) is 3. The molecule has 5 nitrogen and oxygen atoms in total. The quantitative estimate of drug-likeness (QED) is 0.724. The van der Waals surface area contributed by atoms with Gasteiger partial charge in [-0.3, -0.25) is 9.59 Å². The van der Waals surface area contributed by atoms with Gasteiger partial charge in [-0.15, -0.1) is 12.4 Å². The molecule has 0 saturated heterocycles. The third kappa shape index (κ3) is 3.94. The maximum absolute atomic E-state index is 12.6. The number of para-hydroxylation sites is 1. The number of rotatable bonds is 2. The number of fused-ring (bicyclic) bond motifs is 1. The molecule has 1 aliphatic rings. The predicted molar refractivity (Wildman–Crippen MR) is 97.2 cm³/mol. The van der Waals surface area contributed by atoms with Crippen LogP contribution in [-0.2, 0) is 0 Å². The first-order valence-electron chi connectivity index (χ1n) is 7.42. The fraction of sp³-hybridized carbons (Fsp3) is 0.375. The lowest BCUT2D eigenvalue weighted by atomic mass is 9.91. The average molecular weight is 401 g/mol. The number of nitrogens with one attached hydrogen (secondary N) is 2. The summed E-state index contributed by atoms with van der Waals surface area (Å²) >= 11 is 3.40. The Balaban J connectivity index is 0.00000192. The molecule has 1 aromatic carbocycles. The molecule has 0 aliphatic heterocycles. The van der Waals surface area contributed by atoms with Gasteiger partial charge in [0.15, 0.2) is 0 Å². The second-order valence-corrected chi connectivity index (χ2v) is 6.65. The smallest absolute Gasteiger partial charge is 0.252 e. The maximum Gasteiger partial charge on any atom is 0.252 e. The minimum Gasteiger partial charge on any atom is -0.349 e. The highest BCUT2D eigenvalue weighted by Gasteiger charge is 2.21. The molecule has 4 N–H and O–H groups in total. The van der Waals surface area contributed by atoms with Gasteiger partial charge in [-0.05, 0) is 47.7 Å². The molecule has 23 heavy (non-hydrogen) atoms. The molecule has 3 rings (SSSR count). The van der Waals surface area contributed by atoms with Gasteiger partial charge in [0.25, 0.3) is 5.91 Å². The average Bonchev–Trinajstić information content (AvgIpc) is 2.50. The molecule has 1 amide bonds. The zero-order valence-electron chi connectivity index (χ0n) is 12.5. The number of benzene rings is 1. The Bertz CT molecular complexity index is 769. The van der Waals surface area contributed by atoms with Crippen LogP contribution in [0.3, 0.4) is 0 Å². The number of halogens is 2. The normalized spacial score (nSPS) is 20.8. The number of hydrogen-bond acceptors (Lipinski definition) is 3. The predicted octanol–water partition coefficient (Wildman–Crippen LogP) is 2.71. The summed E-state index contributed by atoms with van der Waals surface area (Å²) in [4.78, 5) is 27.1. The Kier molecular flexibility index (Phi) is 5.84. The van der Waals surface area contributed by atoms with Crippen molar-refractivity contribution in [2.24, 2.45) is 5.73 Å². The van der Waals surface area contributed by atoms with Crippen molar-refractivity contribution in [3.05, 3.63) is 44.7 Å². The van der Waals surface area contributed by atoms with E-state index in [-0.39, 0.29) is 36.0 Å². The number of carbonyl (C=O) groups excluding carboxylic acids is 1. The third-order valence-corrected chi connectivity index (χ3v) is 4.84. The van der Waals surface area contributed by atoms with Crippen molar-refractivity contribution in [3.63, 3.8) is 0 Å². The molecule has 2 aromatic rings. The van der Waals surface area contributed by atoms with Gasteiger partial charge in [0.1, 0.15) is 0 Å². The topological polar surface area (TPSA) is 88.0 Å². The Morgan fingerprint density at radius 1 is 1.26 bits per heavy atom. The van der Waals surface area contributed by atoms with Gasteiger partial charge in [0.05, 0.1) is 11.1 Å². The molecular formula is C16H19BrClN3O2. The number of aromatic amines is 1. The molecule has 0 spiro atoms. The van der Waals surface area contributed by atoms with E-state index in [0.717, 1.165) is 35.5 Å². The number of nitrogens with two attached hydrogens (primary N) is 1. The van der Waals surface area contributed by atoms with E-state index in [1.54, 1.807) is 0 Å². The van der Waals surface area contributed by atoms with Crippen LogP contribution in [0.2, 0.25) is 0 Å². The minimum absolute atomic E-state index is 0. The van der Waals surface area contributed by atoms with Crippen LogP contribution in [0.4, 0.5) is 0 Å². The van der Waals surface area contributed by atoms with Crippen LogP contribution in [0, 0.1) is 0 Å². The largest absolute Gasteiger partial charge is 0.349 e. The number of aromatic nitrogens is 1. The maximum atomic E-state index is 12.6. The van der Waals surface area contributed by atoms with Crippen molar-refractivity contribution in [1.29, 1.82) is 0 Å². The highest BCUT2D eigenvalue weighted by Crippen LogP contribution is 2.24. The summed E-state index contributed by atoms with van der Waals surface area (Å²) in [5, 5.41) is 3.77. The molecule has 0 bridgehead atoms. The molecule has 124 valence electrons. The highest BCUT2D eigenvalue weighted by atomic mass is 79.9. The zero-order valence-corrected chi connectivity index (χ0v) is 14.9. The van der Waals surface area contributed by atoms with Gasteiger partial charge in [0.2, 0.25) is 5.56 Å². The van der Waals surface area contributed by atoms with E-state index in [2.05, 4.69) is 26.2 Å². The van der Waals surface area contributed by atoms with Crippen LogP contribution in [0.25, 0.3) is 10.9 Å². The Hall–Kier alpha value is -1.37. The van der Waals surface area contributed by atoms with E-state index in [1.165, 1.54) is 6.07 Å². The van der Waals surface area contributed by atoms with Crippen molar-refractivity contribution in [2.45, 2.75) is 37.8 Å². The van der Waals surface area contributed by atoms with Gasteiger partial charge in [-0.1, -0.05) is 12.1 Å². The molecule has 1 aliphatic carbocycles. The first-order valence-corrected chi connectivity index (χ1v) is 8.22. The lowest BCUT2D eigenvalue weighted by Crippen LogP contribution is -2.40. The van der Waals surface area contributed by atoms with E-state index >= 15 is 0 Å². The fourth-order valence-electron chi connectivity index (χ4n) is 2.96. The monoisotopic (exact) mass is 399 g/mol. The zero-order chi connectivity index (χ0) is 15.7. The molecule has 0 unspecified atom stereocenters. The van der Waals surface area contributed by atoms with E-state index in [4.69, 9.17) is 5.73 Å². The van der Waals surface area contributed by atoms with E-state index in [0.29, 0.717) is 11.1 Å². The van der Waals surface area contributed by atoms with E-state index in [1.807, 2.05) is 18.2 Å². The fourth-order valence-corrected chi connectivity index (χ4v) is 3.42. The number of pyridine rings is 1. The molecule has 7 heteroatoms. The van der Waals surface area contributed by atoms with Crippen molar-refractivity contribution >= 4 is 45.1 Å². The summed E-state index contributed by atoms with van der Waals surface area (Å²) in [5.41, 5.74) is 6.66. The summed E-state index contributed by atoms with van der Waals surface area (Å²) < 4.78 is 0.764. The molecule has 1 fully saturated rings. The van der Waals surface area contributed by atoms with Gasteiger partial charge < -0.3 is 16.0 Å². The summed E-state index contributed by atoms with van der Waals surface area (Å²) in [6, 6.07) is 7.25. The van der Waals surface area contributed by atoms with Crippen molar-refractivity contribution in [1.82, 2.24) is 10.3 Å². The third-order valence-electron chi connectivity index (χ3n) is 4.18. The van der Waals surface area contributed by atoms with Crippen LogP contribution in [0.15, 0.2) is 33.5 Å². The molecule has 1 heterocycles. The van der Waals surface area contributed by atoms with Crippen molar-refractivity contribution in [3.8, 4) is 0 Å². The minimum atomic E-state index is -0.282. The van der Waals surface area contributed by atoms with Crippen LogP contribution in [0.1, 0.15) is 36.0 Å². The molecular weight excluding hydrogens is 382 g/mol. The van der Waals surface area contributed by atoms with Crippen molar-refractivity contribution < 1.29 is 4.79 Å². The highest BCUT2D eigenvalue weighted by molar-refractivity contribution is 9.10. The number of amides is 1. The van der Waals surface area contributed by atoms with E-state index in [9.17, 15) is 9.59 Å². The summed E-state index contributed by atoms with van der Waals surface area (Å²) in [6.07, 6.45) is 3.62.